The maximum atomic E-state index is 6.24. The minimum atomic E-state index is 0.0664. The van der Waals surface area contributed by atoms with Crippen LogP contribution in [0.25, 0.3) is 11.0 Å². The molecule has 0 bridgehead atoms. The Labute approximate surface area is 123 Å². The second-order valence-corrected chi connectivity index (χ2v) is 5.32. The summed E-state index contributed by atoms with van der Waals surface area (Å²) in [6, 6.07) is 14.3. The highest BCUT2D eigenvalue weighted by atomic mass is 35.5. The van der Waals surface area contributed by atoms with Crippen LogP contribution < -0.4 is 5.32 Å². The Bertz CT molecular complexity index is 748. The van der Waals surface area contributed by atoms with Crippen molar-refractivity contribution in [1.29, 1.82) is 0 Å². The average molecular weight is 286 g/mol. The Balaban J connectivity index is 2.11. The van der Waals surface area contributed by atoms with Crippen molar-refractivity contribution in [3.05, 3.63) is 70.4 Å². The summed E-state index contributed by atoms with van der Waals surface area (Å²) in [5.41, 5.74) is 4.25. The van der Waals surface area contributed by atoms with Gasteiger partial charge in [-0.15, -0.1) is 0 Å². The highest BCUT2D eigenvalue weighted by Gasteiger charge is 2.17. The predicted molar refractivity (Wildman–Crippen MR) is 83.3 cm³/mol. The van der Waals surface area contributed by atoms with E-state index in [9.17, 15) is 0 Å². The van der Waals surface area contributed by atoms with Gasteiger partial charge in [-0.3, -0.25) is 0 Å². The molecule has 0 aliphatic carbocycles. The zero-order valence-corrected chi connectivity index (χ0v) is 12.2. The summed E-state index contributed by atoms with van der Waals surface area (Å²) in [5, 5.41) is 5.26. The normalized spacial score (nSPS) is 12.8. The predicted octanol–water partition coefficient (Wildman–Crippen LogP) is 4.70. The third kappa shape index (κ3) is 2.21. The molecule has 0 fully saturated rings. The van der Waals surface area contributed by atoms with Crippen molar-refractivity contribution in [2.45, 2.75) is 13.0 Å². The first-order valence-electron chi connectivity index (χ1n) is 6.60. The number of halogens is 1. The molecule has 3 aromatic rings. The molecule has 0 saturated carbocycles. The molecule has 2 aromatic carbocycles. The van der Waals surface area contributed by atoms with Crippen LogP contribution in [0.15, 0.2) is 53.1 Å². The van der Waals surface area contributed by atoms with Crippen molar-refractivity contribution in [2.75, 3.05) is 7.05 Å². The largest absolute Gasteiger partial charge is 0.464 e. The lowest BCUT2D eigenvalue weighted by Gasteiger charge is -2.16. The van der Waals surface area contributed by atoms with E-state index >= 15 is 0 Å². The lowest BCUT2D eigenvalue weighted by atomic mass is 9.97. The summed E-state index contributed by atoms with van der Waals surface area (Å²) in [5.74, 6) is 0. The molecule has 3 heteroatoms. The Morgan fingerprint density at radius 1 is 1.15 bits per heavy atom. The van der Waals surface area contributed by atoms with Gasteiger partial charge < -0.3 is 9.73 Å². The molecular weight excluding hydrogens is 270 g/mol. The monoisotopic (exact) mass is 285 g/mol. The van der Waals surface area contributed by atoms with Gasteiger partial charge in [-0.2, -0.15) is 0 Å². The van der Waals surface area contributed by atoms with E-state index in [1.165, 1.54) is 0 Å². The minimum absolute atomic E-state index is 0.0664. The van der Waals surface area contributed by atoms with E-state index in [-0.39, 0.29) is 6.04 Å². The van der Waals surface area contributed by atoms with Gasteiger partial charge in [-0.05, 0) is 37.2 Å². The van der Waals surface area contributed by atoms with Crippen molar-refractivity contribution >= 4 is 22.6 Å². The van der Waals surface area contributed by atoms with Crippen molar-refractivity contribution in [2.24, 2.45) is 0 Å². The summed E-state index contributed by atoms with van der Waals surface area (Å²) in [7, 11) is 1.94. The molecule has 1 atom stereocenters. The number of furan rings is 1. The van der Waals surface area contributed by atoms with Gasteiger partial charge in [0.2, 0.25) is 0 Å². The molecule has 1 unspecified atom stereocenters. The van der Waals surface area contributed by atoms with Crippen LogP contribution in [0.1, 0.15) is 22.7 Å². The molecule has 102 valence electrons. The molecular formula is C17H16ClNO. The van der Waals surface area contributed by atoms with Crippen LogP contribution in [0.5, 0.6) is 0 Å². The van der Waals surface area contributed by atoms with Crippen LogP contribution in [0.2, 0.25) is 5.02 Å². The number of benzene rings is 2. The maximum Gasteiger partial charge on any atom is 0.134 e. The summed E-state index contributed by atoms with van der Waals surface area (Å²) in [6.45, 7) is 2.01. The van der Waals surface area contributed by atoms with Crippen LogP contribution >= 0.6 is 11.6 Å². The van der Waals surface area contributed by atoms with E-state index in [1.807, 2.05) is 50.6 Å². The van der Waals surface area contributed by atoms with Gasteiger partial charge in [0.05, 0.1) is 12.3 Å². The fourth-order valence-electron chi connectivity index (χ4n) is 2.51. The molecule has 0 saturated heterocycles. The molecule has 0 aliphatic heterocycles. The van der Waals surface area contributed by atoms with Crippen LogP contribution in [0, 0.1) is 6.92 Å². The molecule has 0 spiro atoms. The van der Waals surface area contributed by atoms with Crippen molar-refractivity contribution < 1.29 is 4.42 Å². The summed E-state index contributed by atoms with van der Waals surface area (Å²) < 4.78 is 5.63. The van der Waals surface area contributed by atoms with Gasteiger partial charge in [-0.25, -0.2) is 0 Å². The summed E-state index contributed by atoms with van der Waals surface area (Å²) >= 11 is 6.24. The van der Waals surface area contributed by atoms with Crippen molar-refractivity contribution in [3.8, 4) is 0 Å². The van der Waals surface area contributed by atoms with Gasteiger partial charge in [0.15, 0.2) is 0 Å². The molecule has 1 N–H and O–H groups in total. The van der Waals surface area contributed by atoms with Gasteiger partial charge in [-0.1, -0.05) is 41.9 Å². The zero-order chi connectivity index (χ0) is 14.1. The Morgan fingerprint density at radius 2 is 1.95 bits per heavy atom. The molecule has 3 rings (SSSR count). The maximum absolute atomic E-state index is 6.24. The first-order chi connectivity index (χ1) is 9.70. The first kappa shape index (κ1) is 13.2. The van der Waals surface area contributed by atoms with Crippen LogP contribution in [-0.2, 0) is 0 Å². The van der Waals surface area contributed by atoms with Crippen molar-refractivity contribution in [3.63, 3.8) is 0 Å². The standard InChI is InChI=1S/C17H16ClNO/c1-11-7-8-12(9-15(11)18)17(19-2)14-10-20-16-6-4-3-5-13(14)16/h3-10,17,19H,1-2H3. The van der Waals surface area contributed by atoms with Crippen LogP contribution in [-0.4, -0.2) is 7.05 Å². The van der Waals surface area contributed by atoms with E-state index in [0.717, 1.165) is 32.7 Å². The molecule has 0 radical (unpaired) electrons. The van der Waals surface area contributed by atoms with Crippen LogP contribution in [0.3, 0.4) is 0 Å². The van der Waals surface area contributed by atoms with Gasteiger partial charge in [0, 0.05) is 16.0 Å². The molecule has 2 nitrogen and oxygen atoms in total. The second-order valence-electron chi connectivity index (χ2n) is 4.92. The van der Waals surface area contributed by atoms with E-state index in [4.69, 9.17) is 16.0 Å². The van der Waals surface area contributed by atoms with Gasteiger partial charge in [0.25, 0.3) is 0 Å². The summed E-state index contributed by atoms with van der Waals surface area (Å²) in [6.07, 6.45) is 1.82. The molecule has 0 amide bonds. The second kappa shape index (κ2) is 5.31. The zero-order valence-electron chi connectivity index (χ0n) is 11.5. The molecule has 20 heavy (non-hydrogen) atoms. The smallest absolute Gasteiger partial charge is 0.134 e. The fourth-order valence-corrected chi connectivity index (χ4v) is 2.70. The van der Waals surface area contributed by atoms with Crippen molar-refractivity contribution in [1.82, 2.24) is 5.32 Å². The third-order valence-corrected chi connectivity index (χ3v) is 4.05. The number of nitrogens with one attached hydrogen (secondary N) is 1. The third-order valence-electron chi connectivity index (χ3n) is 3.64. The topological polar surface area (TPSA) is 25.2 Å². The fraction of sp³-hybridized carbons (Fsp3) is 0.176. The Hall–Kier alpha value is -1.77. The number of rotatable bonds is 3. The average Bonchev–Trinajstić information content (AvgIpc) is 2.88. The number of aryl methyl sites for hydroxylation is 1. The van der Waals surface area contributed by atoms with E-state index in [2.05, 4.69) is 17.4 Å². The van der Waals surface area contributed by atoms with Gasteiger partial charge in [0.1, 0.15) is 5.58 Å². The Kier molecular flexibility index (Phi) is 3.51. The molecule has 1 aromatic heterocycles. The van der Waals surface area contributed by atoms with E-state index in [1.54, 1.807) is 0 Å². The minimum Gasteiger partial charge on any atom is -0.464 e. The highest BCUT2D eigenvalue weighted by Crippen LogP contribution is 2.31. The summed E-state index contributed by atoms with van der Waals surface area (Å²) in [4.78, 5) is 0. The van der Waals surface area contributed by atoms with Gasteiger partial charge >= 0.3 is 0 Å². The lowest BCUT2D eigenvalue weighted by molar-refractivity contribution is 0.597. The highest BCUT2D eigenvalue weighted by molar-refractivity contribution is 6.31. The first-order valence-corrected chi connectivity index (χ1v) is 6.98. The van der Waals surface area contributed by atoms with E-state index in [0.29, 0.717) is 0 Å². The number of hydrogen-bond donors (Lipinski definition) is 1. The van der Waals surface area contributed by atoms with Crippen LogP contribution in [0.4, 0.5) is 0 Å². The quantitative estimate of drug-likeness (QED) is 0.754. The number of hydrogen-bond acceptors (Lipinski definition) is 2. The van der Waals surface area contributed by atoms with E-state index < -0.39 is 0 Å². The lowest BCUT2D eigenvalue weighted by Crippen LogP contribution is -2.17. The molecule has 1 heterocycles. The Morgan fingerprint density at radius 3 is 2.70 bits per heavy atom. The molecule has 0 aliphatic rings. The number of fused-ring (bicyclic) bond motifs is 1. The SMILES string of the molecule is CNC(c1ccc(C)c(Cl)c1)c1coc2ccccc12. The number of para-hydroxylation sites is 1.